The van der Waals surface area contributed by atoms with Gasteiger partial charge in [0.15, 0.2) is 0 Å². The lowest BCUT2D eigenvalue weighted by molar-refractivity contribution is 0.0666. The first-order chi connectivity index (χ1) is 11.0. The SMILES string of the molecule is Cc1cnn(C2CCCN(C(=O)c3cc(C(F)F)ncn3)C2)c1. The van der Waals surface area contributed by atoms with Gasteiger partial charge in [-0.1, -0.05) is 0 Å². The fourth-order valence-corrected chi connectivity index (χ4v) is 2.76. The molecular formula is C15H17F2N5O. The number of piperidine rings is 1. The van der Waals surface area contributed by atoms with Crippen LogP contribution in [-0.2, 0) is 0 Å². The van der Waals surface area contributed by atoms with Gasteiger partial charge in [0, 0.05) is 19.3 Å². The summed E-state index contributed by atoms with van der Waals surface area (Å²) in [7, 11) is 0. The smallest absolute Gasteiger partial charge is 0.280 e. The summed E-state index contributed by atoms with van der Waals surface area (Å²) in [6, 6.07) is 1.16. The average Bonchev–Trinajstić information content (AvgIpc) is 3.01. The molecule has 0 N–H and O–H groups in total. The van der Waals surface area contributed by atoms with E-state index in [1.165, 1.54) is 0 Å². The molecule has 0 aliphatic carbocycles. The Bertz CT molecular complexity index is 703. The number of carbonyl (C=O) groups is 1. The van der Waals surface area contributed by atoms with Gasteiger partial charge in [0.25, 0.3) is 12.3 Å². The van der Waals surface area contributed by atoms with Crippen LogP contribution in [0.5, 0.6) is 0 Å². The van der Waals surface area contributed by atoms with Crippen LogP contribution >= 0.6 is 0 Å². The summed E-state index contributed by atoms with van der Waals surface area (Å²) in [5.41, 5.74) is 0.637. The van der Waals surface area contributed by atoms with Gasteiger partial charge in [0.2, 0.25) is 0 Å². The lowest BCUT2D eigenvalue weighted by Gasteiger charge is -2.32. The maximum absolute atomic E-state index is 12.7. The molecule has 1 unspecified atom stereocenters. The van der Waals surface area contributed by atoms with E-state index in [4.69, 9.17) is 0 Å². The van der Waals surface area contributed by atoms with E-state index in [0.717, 1.165) is 30.8 Å². The van der Waals surface area contributed by atoms with Crippen molar-refractivity contribution in [3.05, 3.63) is 41.7 Å². The van der Waals surface area contributed by atoms with Gasteiger partial charge >= 0.3 is 0 Å². The first kappa shape index (κ1) is 15.5. The third-order valence-electron chi connectivity index (χ3n) is 3.92. The molecule has 0 spiro atoms. The first-order valence-electron chi connectivity index (χ1n) is 7.44. The van der Waals surface area contributed by atoms with Crippen molar-refractivity contribution in [2.75, 3.05) is 13.1 Å². The quantitative estimate of drug-likeness (QED) is 0.871. The molecule has 2 aromatic heterocycles. The van der Waals surface area contributed by atoms with Crippen molar-refractivity contribution in [3.63, 3.8) is 0 Å². The lowest BCUT2D eigenvalue weighted by atomic mass is 10.1. The van der Waals surface area contributed by atoms with Gasteiger partial charge < -0.3 is 4.90 Å². The number of aromatic nitrogens is 4. The van der Waals surface area contributed by atoms with Gasteiger partial charge in [0.1, 0.15) is 17.7 Å². The minimum Gasteiger partial charge on any atom is -0.335 e. The van der Waals surface area contributed by atoms with Crippen LogP contribution in [0.2, 0.25) is 0 Å². The maximum Gasteiger partial charge on any atom is 0.280 e. The van der Waals surface area contributed by atoms with Crippen molar-refractivity contribution >= 4 is 5.91 Å². The van der Waals surface area contributed by atoms with Crippen molar-refractivity contribution in [2.24, 2.45) is 0 Å². The predicted molar refractivity (Wildman–Crippen MR) is 78.1 cm³/mol. The van der Waals surface area contributed by atoms with E-state index in [1.807, 2.05) is 17.8 Å². The minimum atomic E-state index is -2.72. The van der Waals surface area contributed by atoms with Crippen LogP contribution in [0.25, 0.3) is 0 Å². The van der Waals surface area contributed by atoms with E-state index >= 15 is 0 Å². The lowest BCUT2D eigenvalue weighted by Crippen LogP contribution is -2.41. The number of nitrogens with zero attached hydrogens (tertiary/aromatic N) is 5. The van der Waals surface area contributed by atoms with Crippen LogP contribution in [-0.4, -0.2) is 43.6 Å². The van der Waals surface area contributed by atoms with Gasteiger partial charge in [-0.15, -0.1) is 0 Å². The molecule has 3 heterocycles. The molecular weight excluding hydrogens is 304 g/mol. The molecule has 23 heavy (non-hydrogen) atoms. The van der Waals surface area contributed by atoms with E-state index in [2.05, 4.69) is 15.1 Å². The Morgan fingerprint density at radius 1 is 1.39 bits per heavy atom. The molecule has 1 aliphatic rings. The van der Waals surface area contributed by atoms with Crippen LogP contribution < -0.4 is 0 Å². The molecule has 6 nitrogen and oxygen atoms in total. The Morgan fingerprint density at radius 2 is 2.22 bits per heavy atom. The van der Waals surface area contributed by atoms with Gasteiger partial charge in [0.05, 0.1) is 12.2 Å². The Morgan fingerprint density at radius 3 is 2.91 bits per heavy atom. The highest BCUT2D eigenvalue weighted by molar-refractivity contribution is 5.92. The number of hydrogen-bond acceptors (Lipinski definition) is 4. The second kappa shape index (κ2) is 6.39. The molecule has 1 atom stereocenters. The average molecular weight is 321 g/mol. The van der Waals surface area contributed by atoms with Crippen molar-refractivity contribution in [2.45, 2.75) is 32.2 Å². The van der Waals surface area contributed by atoms with Gasteiger partial charge in [-0.2, -0.15) is 5.10 Å². The molecule has 0 radical (unpaired) electrons. The zero-order valence-corrected chi connectivity index (χ0v) is 12.7. The largest absolute Gasteiger partial charge is 0.335 e. The molecule has 8 heteroatoms. The van der Waals surface area contributed by atoms with E-state index in [0.29, 0.717) is 13.1 Å². The monoisotopic (exact) mass is 321 g/mol. The standard InChI is InChI=1S/C15H17F2N5O/c1-10-6-20-22(7-10)11-3-2-4-21(8-11)15(23)13-5-12(14(16)17)18-9-19-13/h5-7,9,11,14H,2-4,8H2,1H3. The second-order valence-electron chi connectivity index (χ2n) is 5.67. The number of alkyl halides is 2. The first-order valence-corrected chi connectivity index (χ1v) is 7.44. The maximum atomic E-state index is 12.7. The van der Waals surface area contributed by atoms with Crippen molar-refractivity contribution < 1.29 is 13.6 Å². The van der Waals surface area contributed by atoms with Crippen LogP contribution in [0.3, 0.4) is 0 Å². The van der Waals surface area contributed by atoms with Gasteiger partial charge in [-0.05, 0) is 31.4 Å². The summed E-state index contributed by atoms with van der Waals surface area (Å²) in [5.74, 6) is -0.345. The summed E-state index contributed by atoms with van der Waals surface area (Å²) >= 11 is 0. The van der Waals surface area contributed by atoms with Crippen molar-refractivity contribution in [3.8, 4) is 0 Å². The van der Waals surface area contributed by atoms with Gasteiger partial charge in [-0.3, -0.25) is 9.48 Å². The fourth-order valence-electron chi connectivity index (χ4n) is 2.76. The molecule has 0 bridgehead atoms. The Kier molecular flexibility index (Phi) is 4.31. The summed E-state index contributed by atoms with van der Waals surface area (Å²) in [4.78, 5) is 21.5. The summed E-state index contributed by atoms with van der Waals surface area (Å²) in [5, 5.41) is 4.30. The Labute approximate surface area is 132 Å². The van der Waals surface area contributed by atoms with Crippen LogP contribution in [0.15, 0.2) is 24.8 Å². The number of halogens is 2. The summed E-state index contributed by atoms with van der Waals surface area (Å²) < 4.78 is 27.3. The predicted octanol–water partition coefficient (Wildman–Crippen LogP) is 2.40. The third-order valence-corrected chi connectivity index (χ3v) is 3.92. The Hall–Kier alpha value is -2.38. The van der Waals surface area contributed by atoms with E-state index in [9.17, 15) is 13.6 Å². The number of aryl methyl sites for hydroxylation is 1. The fraction of sp³-hybridized carbons (Fsp3) is 0.467. The Balaban J connectivity index is 1.75. The molecule has 1 amide bonds. The third kappa shape index (κ3) is 3.35. The molecule has 122 valence electrons. The summed E-state index contributed by atoms with van der Waals surface area (Å²) in [6.45, 7) is 3.04. The molecule has 1 fully saturated rings. The minimum absolute atomic E-state index is 0.00703. The number of amides is 1. The van der Waals surface area contributed by atoms with Crippen LogP contribution in [0.1, 0.15) is 47.1 Å². The molecule has 3 rings (SSSR count). The number of carbonyl (C=O) groups excluding carboxylic acids is 1. The molecule has 2 aromatic rings. The number of hydrogen-bond donors (Lipinski definition) is 0. The number of likely N-dealkylation sites (tertiary alicyclic amines) is 1. The second-order valence-corrected chi connectivity index (χ2v) is 5.67. The number of rotatable bonds is 3. The molecule has 0 aromatic carbocycles. The molecule has 0 saturated carbocycles. The highest BCUT2D eigenvalue weighted by atomic mass is 19.3. The van der Waals surface area contributed by atoms with E-state index < -0.39 is 12.1 Å². The highest BCUT2D eigenvalue weighted by Gasteiger charge is 2.27. The normalized spacial score (nSPS) is 18.4. The van der Waals surface area contributed by atoms with Crippen molar-refractivity contribution in [1.82, 2.24) is 24.6 Å². The summed E-state index contributed by atoms with van der Waals surface area (Å²) in [6.07, 6.45) is 3.77. The van der Waals surface area contributed by atoms with Crippen LogP contribution in [0, 0.1) is 6.92 Å². The zero-order chi connectivity index (χ0) is 16.4. The van der Waals surface area contributed by atoms with E-state index in [-0.39, 0.29) is 17.6 Å². The highest BCUT2D eigenvalue weighted by Crippen LogP contribution is 2.23. The van der Waals surface area contributed by atoms with Crippen LogP contribution in [0.4, 0.5) is 8.78 Å². The van der Waals surface area contributed by atoms with Gasteiger partial charge in [-0.25, -0.2) is 18.7 Å². The molecule has 1 aliphatic heterocycles. The van der Waals surface area contributed by atoms with E-state index in [1.54, 1.807) is 11.1 Å². The van der Waals surface area contributed by atoms with Crippen molar-refractivity contribution in [1.29, 1.82) is 0 Å². The topological polar surface area (TPSA) is 63.9 Å². The molecule has 1 saturated heterocycles. The zero-order valence-electron chi connectivity index (χ0n) is 12.7.